The Morgan fingerprint density at radius 2 is 2.12 bits per heavy atom. The molecule has 0 unspecified atom stereocenters. The van der Waals surface area contributed by atoms with Crippen LogP contribution in [0.1, 0.15) is 36.2 Å². The molecule has 84 valence electrons. The molecule has 1 aromatic heterocycles. The Kier molecular flexibility index (Phi) is 2.90. The molecule has 0 fully saturated rings. The van der Waals surface area contributed by atoms with Gasteiger partial charge >= 0.3 is 0 Å². The zero-order chi connectivity index (χ0) is 11.9. The van der Waals surface area contributed by atoms with Crippen molar-refractivity contribution in [3.05, 3.63) is 27.5 Å². The number of halogens is 1. The van der Waals surface area contributed by atoms with Crippen LogP contribution in [0.4, 0.5) is 0 Å². The van der Waals surface area contributed by atoms with Crippen molar-refractivity contribution in [2.75, 3.05) is 0 Å². The van der Waals surface area contributed by atoms with Gasteiger partial charge in [-0.25, -0.2) is 4.98 Å². The molecule has 0 N–H and O–H groups in total. The summed E-state index contributed by atoms with van der Waals surface area (Å²) in [6, 6.07) is 2.18. The molecule has 0 amide bonds. The summed E-state index contributed by atoms with van der Waals surface area (Å²) in [5.41, 5.74) is 3.83. The van der Waals surface area contributed by atoms with Gasteiger partial charge in [0, 0.05) is 16.2 Å². The summed E-state index contributed by atoms with van der Waals surface area (Å²) < 4.78 is 0.176. The molecule has 1 aromatic rings. The Morgan fingerprint density at radius 1 is 1.44 bits per heavy atom. The van der Waals surface area contributed by atoms with E-state index in [2.05, 4.69) is 24.9 Å². The molecule has 0 saturated heterocycles. The lowest BCUT2D eigenvalue weighted by Gasteiger charge is -2.32. The number of hydrogen-bond acceptors (Lipinski definition) is 3. The van der Waals surface area contributed by atoms with Gasteiger partial charge in [-0.05, 0) is 24.5 Å². The van der Waals surface area contributed by atoms with E-state index in [1.165, 1.54) is 5.56 Å². The van der Waals surface area contributed by atoms with Crippen LogP contribution in [0.3, 0.4) is 0 Å². The van der Waals surface area contributed by atoms with Gasteiger partial charge in [-0.1, -0.05) is 25.4 Å². The predicted octanol–water partition coefficient (Wildman–Crippen LogP) is 3.48. The summed E-state index contributed by atoms with van der Waals surface area (Å²) in [4.78, 5) is 4.24. The number of nitriles is 1. The van der Waals surface area contributed by atoms with Crippen LogP contribution in [0.5, 0.6) is 0 Å². The third-order valence-electron chi connectivity index (χ3n) is 2.90. The predicted molar refractivity (Wildman–Crippen MR) is 67.8 cm³/mol. The fourth-order valence-corrected chi connectivity index (χ4v) is 3.46. The molecule has 0 aliphatic carbocycles. The highest BCUT2D eigenvalue weighted by Gasteiger charge is 2.30. The first-order chi connectivity index (χ1) is 7.44. The number of hydrogen-bond donors (Lipinski definition) is 0. The van der Waals surface area contributed by atoms with Gasteiger partial charge < -0.3 is 0 Å². The van der Waals surface area contributed by atoms with Gasteiger partial charge in [0.2, 0.25) is 0 Å². The molecule has 1 aliphatic heterocycles. The number of fused-ring (bicyclic) bond motifs is 1. The van der Waals surface area contributed by atoms with Crippen molar-refractivity contribution in [3.8, 4) is 6.07 Å². The topological polar surface area (TPSA) is 36.7 Å². The van der Waals surface area contributed by atoms with Crippen molar-refractivity contribution in [2.24, 2.45) is 0 Å². The van der Waals surface area contributed by atoms with Gasteiger partial charge in [0.05, 0.1) is 5.56 Å². The Balaban J connectivity index is 2.65. The molecule has 0 radical (unpaired) electrons. The Labute approximate surface area is 105 Å². The average molecular weight is 253 g/mol. The van der Waals surface area contributed by atoms with Crippen LogP contribution < -0.4 is 0 Å². The summed E-state index contributed by atoms with van der Waals surface area (Å²) in [7, 11) is 0. The first-order valence-corrected chi connectivity index (χ1v) is 6.53. The van der Waals surface area contributed by atoms with Gasteiger partial charge in [0.1, 0.15) is 11.2 Å². The molecule has 4 heteroatoms. The van der Waals surface area contributed by atoms with Crippen LogP contribution in [0.2, 0.25) is 5.15 Å². The van der Waals surface area contributed by atoms with Gasteiger partial charge in [-0.15, -0.1) is 0 Å². The normalized spacial score (nSPS) is 17.7. The lowest BCUT2D eigenvalue weighted by atomic mass is 9.93. The van der Waals surface area contributed by atoms with Crippen LogP contribution in [-0.4, -0.2) is 9.73 Å². The van der Waals surface area contributed by atoms with E-state index in [0.29, 0.717) is 10.7 Å². The summed E-state index contributed by atoms with van der Waals surface area (Å²) in [5.74, 6) is 0.924. The highest BCUT2D eigenvalue weighted by atomic mass is 35.5. The third-order valence-corrected chi connectivity index (χ3v) is 4.53. The lowest BCUT2D eigenvalue weighted by molar-refractivity contribution is 0.688. The molecule has 0 aromatic carbocycles. The highest BCUT2D eigenvalue weighted by molar-refractivity contribution is 7.99. The maximum atomic E-state index is 9.15. The molecule has 0 spiro atoms. The summed E-state index contributed by atoms with van der Waals surface area (Å²) in [6.45, 7) is 6.36. The molecule has 1 aliphatic rings. The highest BCUT2D eigenvalue weighted by Crippen LogP contribution is 2.41. The van der Waals surface area contributed by atoms with Crippen LogP contribution >= 0.6 is 23.4 Å². The monoisotopic (exact) mass is 252 g/mol. The van der Waals surface area contributed by atoms with E-state index in [1.54, 1.807) is 0 Å². The summed E-state index contributed by atoms with van der Waals surface area (Å²) in [6.07, 6.45) is 0.888. The number of nitrogens with zero attached hydrogens (tertiary/aromatic N) is 2. The van der Waals surface area contributed by atoms with Gasteiger partial charge in [0.15, 0.2) is 0 Å². The van der Waals surface area contributed by atoms with E-state index in [9.17, 15) is 0 Å². The molecule has 2 nitrogen and oxygen atoms in total. The first-order valence-electron chi connectivity index (χ1n) is 5.16. The largest absolute Gasteiger partial charge is 0.240 e. The van der Waals surface area contributed by atoms with Crippen molar-refractivity contribution >= 4 is 23.4 Å². The zero-order valence-electron chi connectivity index (χ0n) is 9.59. The molecule has 2 rings (SSSR count). The maximum Gasteiger partial charge on any atom is 0.147 e. The second-order valence-corrected chi connectivity index (χ2v) is 6.70. The number of rotatable bonds is 0. The number of aromatic nitrogens is 1. The van der Waals surface area contributed by atoms with E-state index in [0.717, 1.165) is 23.4 Å². The first kappa shape index (κ1) is 11.8. The van der Waals surface area contributed by atoms with Gasteiger partial charge in [-0.2, -0.15) is 17.0 Å². The van der Waals surface area contributed by atoms with Crippen molar-refractivity contribution in [2.45, 2.75) is 37.7 Å². The molecule has 16 heavy (non-hydrogen) atoms. The molecule has 0 atom stereocenters. The fourth-order valence-electron chi connectivity index (χ4n) is 2.01. The summed E-state index contributed by atoms with van der Waals surface area (Å²) >= 11 is 7.93. The smallest absolute Gasteiger partial charge is 0.147 e. The number of aryl methyl sites for hydroxylation is 1. The standard InChI is InChI=1S/C12H13ClN2S/c1-7-10-6-16-12(2,3)4-8(10)9(5-14)11(13)15-7/h4,6H2,1-3H3. The van der Waals surface area contributed by atoms with Crippen LogP contribution in [0.15, 0.2) is 0 Å². The van der Waals surface area contributed by atoms with E-state index >= 15 is 0 Å². The minimum atomic E-state index is 0.176. The molecule has 2 heterocycles. The van der Waals surface area contributed by atoms with E-state index in [-0.39, 0.29) is 4.75 Å². The Bertz CT molecular complexity index is 489. The maximum absolute atomic E-state index is 9.15. The van der Waals surface area contributed by atoms with Crippen LogP contribution in [-0.2, 0) is 12.2 Å². The van der Waals surface area contributed by atoms with Gasteiger partial charge in [-0.3, -0.25) is 0 Å². The fraction of sp³-hybridized carbons (Fsp3) is 0.500. The Hall–Kier alpha value is -0.720. The molecular formula is C12H13ClN2S. The van der Waals surface area contributed by atoms with Crippen molar-refractivity contribution in [1.82, 2.24) is 4.98 Å². The second kappa shape index (κ2) is 3.94. The third kappa shape index (κ3) is 1.92. The van der Waals surface area contributed by atoms with E-state index in [1.807, 2.05) is 18.7 Å². The van der Waals surface area contributed by atoms with Gasteiger partial charge in [0.25, 0.3) is 0 Å². The van der Waals surface area contributed by atoms with E-state index < -0.39 is 0 Å². The van der Waals surface area contributed by atoms with Crippen LogP contribution in [0.25, 0.3) is 0 Å². The summed E-state index contributed by atoms with van der Waals surface area (Å²) in [5, 5.41) is 9.50. The zero-order valence-corrected chi connectivity index (χ0v) is 11.2. The Morgan fingerprint density at radius 3 is 2.75 bits per heavy atom. The lowest BCUT2D eigenvalue weighted by Crippen LogP contribution is -2.25. The minimum Gasteiger partial charge on any atom is -0.240 e. The van der Waals surface area contributed by atoms with E-state index in [4.69, 9.17) is 16.9 Å². The van der Waals surface area contributed by atoms with Crippen molar-refractivity contribution in [1.29, 1.82) is 5.26 Å². The number of pyridine rings is 1. The minimum absolute atomic E-state index is 0.176. The second-order valence-electron chi connectivity index (χ2n) is 4.66. The molecule has 0 bridgehead atoms. The average Bonchev–Trinajstić information content (AvgIpc) is 2.16. The number of thioether (sulfide) groups is 1. The van der Waals surface area contributed by atoms with Crippen LogP contribution in [0, 0.1) is 18.3 Å². The molecular weight excluding hydrogens is 240 g/mol. The van der Waals surface area contributed by atoms with Crippen molar-refractivity contribution in [3.63, 3.8) is 0 Å². The SMILES string of the molecule is Cc1nc(Cl)c(C#N)c2c1CSC(C)(C)C2. The van der Waals surface area contributed by atoms with Crippen molar-refractivity contribution < 1.29 is 0 Å². The quantitative estimate of drug-likeness (QED) is 0.664. The molecule has 0 saturated carbocycles.